The summed E-state index contributed by atoms with van der Waals surface area (Å²) in [6.07, 6.45) is 7.58. The fraction of sp³-hybridized carbons (Fsp3) is 0.571. The van der Waals surface area contributed by atoms with E-state index < -0.39 is 5.60 Å². The number of anilines is 3. The molecule has 2 unspecified atom stereocenters. The number of nitrogens with zero attached hydrogens (tertiary/aromatic N) is 7. The van der Waals surface area contributed by atoms with Crippen molar-refractivity contribution in [2.24, 2.45) is 7.05 Å². The number of nitrogens with one attached hydrogen (secondary N) is 1. The van der Waals surface area contributed by atoms with Crippen molar-refractivity contribution >= 4 is 23.4 Å². The summed E-state index contributed by atoms with van der Waals surface area (Å²) in [6.45, 7) is 7.14. The lowest BCUT2D eigenvalue weighted by molar-refractivity contribution is 0.0204. The number of fused-ring (bicyclic) bond motifs is 1. The van der Waals surface area contributed by atoms with Gasteiger partial charge in [-0.25, -0.2) is 14.8 Å². The zero-order chi connectivity index (χ0) is 22.2. The number of amides is 1. The summed E-state index contributed by atoms with van der Waals surface area (Å²) in [7, 11) is 1.82. The molecule has 1 N–H and O–H groups in total. The molecule has 1 amide bonds. The van der Waals surface area contributed by atoms with Crippen molar-refractivity contribution in [1.29, 1.82) is 5.26 Å². The van der Waals surface area contributed by atoms with Gasteiger partial charge < -0.3 is 19.9 Å². The van der Waals surface area contributed by atoms with E-state index in [9.17, 15) is 10.1 Å². The molecule has 0 saturated carbocycles. The van der Waals surface area contributed by atoms with Crippen molar-refractivity contribution in [3.8, 4) is 6.07 Å². The minimum absolute atomic E-state index is 0.0794. The number of likely N-dealkylation sites (tertiary alicyclic amines) is 1. The highest BCUT2D eigenvalue weighted by Crippen LogP contribution is 2.34. The first-order valence-corrected chi connectivity index (χ1v) is 10.5. The van der Waals surface area contributed by atoms with E-state index in [-0.39, 0.29) is 23.9 Å². The van der Waals surface area contributed by atoms with Crippen LogP contribution in [0.3, 0.4) is 0 Å². The topological polar surface area (TPSA) is 112 Å². The van der Waals surface area contributed by atoms with Gasteiger partial charge in [0.15, 0.2) is 11.5 Å². The Labute approximate surface area is 181 Å². The number of ether oxygens (including phenoxy) is 1. The Morgan fingerprint density at radius 1 is 1.26 bits per heavy atom. The van der Waals surface area contributed by atoms with Gasteiger partial charge >= 0.3 is 6.09 Å². The first-order chi connectivity index (χ1) is 14.7. The SMILES string of the molecule is Cn1cc(Nc2nc(N3CCCC4C3CCN4C(=O)OC(C)(C)C)cnc2C#N)cn1. The van der Waals surface area contributed by atoms with Crippen LogP contribution in [-0.4, -0.2) is 61.5 Å². The Bertz CT molecular complexity index is 1010. The molecule has 10 heteroatoms. The summed E-state index contributed by atoms with van der Waals surface area (Å²) in [5.41, 5.74) is 0.441. The first kappa shape index (κ1) is 20.9. The molecule has 2 aromatic rings. The van der Waals surface area contributed by atoms with Crippen molar-refractivity contribution in [2.45, 2.75) is 57.7 Å². The smallest absolute Gasteiger partial charge is 0.410 e. The molecule has 0 aliphatic carbocycles. The zero-order valence-electron chi connectivity index (χ0n) is 18.4. The van der Waals surface area contributed by atoms with Gasteiger partial charge in [0.05, 0.1) is 30.2 Å². The maximum Gasteiger partial charge on any atom is 0.410 e. The van der Waals surface area contributed by atoms with Gasteiger partial charge in [-0.1, -0.05) is 0 Å². The standard InChI is InChI=1S/C21H28N8O2/c1-21(2,3)31-20(30)29-9-7-17-16(29)6-5-8-28(17)18-12-23-15(10-22)19(26-18)25-14-11-24-27(4)13-14/h11-13,16-17H,5-9H2,1-4H3,(H,25,26). The molecule has 0 spiro atoms. The highest BCUT2D eigenvalue weighted by molar-refractivity contribution is 5.69. The van der Waals surface area contributed by atoms with Gasteiger partial charge in [0.2, 0.25) is 0 Å². The third kappa shape index (κ3) is 4.40. The summed E-state index contributed by atoms with van der Waals surface area (Å²) in [5, 5.41) is 16.7. The lowest BCUT2D eigenvalue weighted by Gasteiger charge is -2.40. The summed E-state index contributed by atoms with van der Waals surface area (Å²) >= 11 is 0. The van der Waals surface area contributed by atoms with E-state index in [0.29, 0.717) is 18.2 Å². The maximum atomic E-state index is 12.7. The number of aromatic nitrogens is 4. The van der Waals surface area contributed by atoms with Crippen molar-refractivity contribution in [3.05, 3.63) is 24.3 Å². The average molecular weight is 425 g/mol. The molecule has 164 valence electrons. The summed E-state index contributed by atoms with van der Waals surface area (Å²) < 4.78 is 7.29. The highest BCUT2D eigenvalue weighted by Gasteiger charge is 2.44. The summed E-state index contributed by atoms with van der Waals surface area (Å²) in [6, 6.07) is 2.32. The second-order valence-electron chi connectivity index (χ2n) is 9.00. The molecule has 2 saturated heterocycles. The number of carbonyl (C=O) groups excluding carboxylic acids is 1. The van der Waals surface area contributed by atoms with E-state index in [1.54, 1.807) is 17.1 Å². The molecule has 4 heterocycles. The van der Waals surface area contributed by atoms with E-state index in [1.165, 1.54) is 0 Å². The Morgan fingerprint density at radius 3 is 2.74 bits per heavy atom. The molecule has 31 heavy (non-hydrogen) atoms. The number of aryl methyl sites for hydroxylation is 1. The summed E-state index contributed by atoms with van der Waals surface area (Å²) in [4.78, 5) is 25.8. The molecule has 2 aliphatic rings. The number of piperidine rings is 1. The van der Waals surface area contributed by atoms with Gasteiger partial charge in [-0.05, 0) is 40.0 Å². The molecule has 10 nitrogen and oxygen atoms in total. The molecular formula is C21H28N8O2. The van der Waals surface area contributed by atoms with Crippen molar-refractivity contribution < 1.29 is 9.53 Å². The van der Waals surface area contributed by atoms with Gasteiger partial charge in [-0.15, -0.1) is 0 Å². The van der Waals surface area contributed by atoms with Gasteiger partial charge in [-0.3, -0.25) is 4.68 Å². The third-order valence-corrected chi connectivity index (χ3v) is 5.57. The van der Waals surface area contributed by atoms with Crippen molar-refractivity contribution in [3.63, 3.8) is 0 Å². The minimum atomic E-state index is -0.519. The largest absolute Gasteiger partial charge is 0.444 e. The van der Waals surface area contributed by atoms with Crippen LogP contribution in [0.1, 0.15) is 45.7 Å². The Hall–Kier alpha value is -3.35. The lowest BCUT2D eigenvalue weighted by Crippen LogP contribution is -2.52. The fourth-order valence-corrected chi connectivity index (χ4v) is 4.33. The fourth-order valence-electron chi connectivity index (χ4n) is 4.33. The van der Waals surface area contributed by atoms with Crippen LogP contribution in [-0.2, 0) is 11.8 Å². The second-order valence-corrected chi connectivity index (χ2v) is 9.00. The first-order valence-electron chi connectivity index (χ1n) is 10.5. The van der Waals surface area contributed by atoms with E-state index in [2.05, 4.69) is 26.4 Å². The minimum Gasteiger partial charge on any atom is -0.444 e. The normalized spacial score (nSPS) is 20.9. The van der Waals surface area contributed by atoms with E-state index in [1.807, 2.05) is 38.9 Å². The number of hydrogen-bond acceptors (Lipinski definition) is 8. The van der Waals surface area contributed by atoms with Crippen LogP contribution in [0.5, 0.6) is 0 Å². The third-order valence-electron chi connectivity index (χ3n) is 5.57. The van der Waals surface area contributed by atoms with Crippen LogP contribution >= 0.6 is 0 Å². The Kier molecular flexibility index (Phi) is 5.43. The number of carbonyl (C=O) groups is 1. The quantitative estimate of drug-likeness (QED) is 0.800. The van der Waals surface area contributed by atoms with Crippen LogP contribution < -0.4 is 10.2 Å². The van der Waals surface area contributed by atoms with Crippen molar-refractivity contribution in [2.75, 3.05) is 23.3 Å². The molecular weight excluding hydrogens is 396 g/mol. The molecule has 2 aliphatic heterocycles. The molecule has 0 radical (unpaired) electrons. The van der Waals surface area contributed by atoms with E-state index >= 15 is 0 Å². The van der Waals surface area contributed by atoms with E-state index in [4.69, 9.17) is 9.72 Å². The Morgan fingerprint density at radius 2 is 2.06 bits per heavy atom. The number of nitriles is 1. The molecule has 2 atom stereocenters. The molecule has 4 rings (SSSR count). The van der Waals surface area contributed by atoms with E-state index in [0.717, 1.165) is 31.5 Å². The highest BCUT2D eigenvalue weighted by atomic mass is 16.6. The van der Waals surface area contributed by atoms with Crippen LogP contribution in [0, 0.1) is 11.3 Å². The lowest BCUT2D eigenvalue weighted by atomic mass is 9.97. The van der Waals surface area contributed by atoms with Gasteiger partial charge in [-0.2, -0.15) is 10.4 Å². The van der Waals surface area contributed by atoms with Crippen molar-refractivity contribution in [1.82, 2.24) is 24.6 Å². The molecule has 2 aromatic heterocycles. The molecule has 2 fully saturated rings. The van der Waals surface area contributed by atoms with Crippen LogP contribution in [0.15, 0.2) is 18.6 Å². The average Bonchev–Trinajstić information content (AvgIpc) is 3.32. The zero-order valence-corrected chi connectivity index (χ0v) is 18.4. The summed E-state index contributed by atoms with van der Waals surface area (Å²) in [5.74, 6) is 1.10. The van der Waals surface area contributed by atoms with Crippen LogP contribution in [0.2, 0.25) is 0 Å². The van der Waals surface area contributed by atoms with Gasteiger partial charge in [0, 0.05) is 26.3 Å². The maximum absolute atomic E-state index is 12.7. The molecule has 0 bridgehead atoms. The Balaban J connectivity index is 1.56. The predicted molar refractivity (Wildman–Crippen MR) is 115 cm³/mol. The monoisotopic (exact) mass is 424 g/mol. The van der Waals surface area contributed by atoms with Gasteiger partial charge in [0.25, 0.3) is 0 Å². The van der Waals surface area contributed by atoms with Crippen LogP contribution in [0.4, 0.5) is 22.1 Å². The number of hydrogen-bond donors (Lipinski definition) is 1. The predicted octanol–water partition coefficient (Wildman–Crippen LogP) is 2.80. The molecule has 0 aromatic carbocycles. The number of rotatable bonds is 3. The van der Waals surface area contributed by atoms with Crippen LogP contribution in [0.25, 0.3) is 0 Å². The van der Waals surface area contributed by atoms with Gasteiger partial charge in [0.1, 0.15) is 17.5 Å². The second kappa shape index (κ2) is 8.06.